The molecule has 0 amide bonds. The van der Waals surface area contributed by atoms with Gasteiger partial charge in [-0.2, -0.15) is 0 Å². The molecule has 1 unspecified atom stereocenters. The lowest BCUT2D eigenvalue weighted by Crippen LogP contribution is -2.26. The van der Waals surface area contributed by atoms with Gasteiger partial charge in [0.25, 0.3) is 0 Å². The number of anilines is 1. The Balaban J connectivity index is 0.00000324. The minimum atomic E-state index is 0. The average molecular weight is 498 g/mol. The SMILES string of the molecule is CCN(CC)CCC(CNc1c2ccc(Cl)cc2nc2ccc(OC)cc12)c1ccccc1.Cl. The van der Waals surface area contributed by atoms with Gasteiger partial charge in [0.15, 0.2) is 0 Å². The molecule has 6 heteroatoms. The summed E-state index contributed by atoms with van der Waals surface area (Å²) < 4.78 is 5.51. The van der Waals surface area contributed by atoms with Crippen molar-refractivity contribution in [3.8, 4) is 5.75 Å². The van der Waals surface area contributed by atoms with Crippen LogP contribution in [-0.4, -0.2) is 43.2 Å². The van der Waals surface area contributed by atoms with Crippen LogP contribution < -0.4 is 10.1 Å². The van der Waals surface area contributed by atoms with Crippen LogP contribution in [0.15, 0.2) is 66.7 Å². The molecule has 0 aliphatic heterocycles. The molecule has 1 N–H and O–H groups in total. The molecule has 4 nitrogen and oxygen atoms in total. The Kier molecular flexibility index (Phi) is 9.40. The number of ether oxygens (including phenoxy) is 1. The summed E-state index contributed by atoms with van der Waals surface area (Å²) in [4.78, 5) is 7.34. The highest BCUT2D eigenvalue weighted by Gasteiger charge is 2.16. The van der Waals surface area contributed by atoms with Crippen LogP contribution >= 0.6 is 24.0 Å². The maximum Gasteiger partial charge on any atom is 0.119 e. The zero-order valence-electron chi connectivity index (χ0n) is 20.1. The number of nitrogens with one attached hydrogen (secondary N) is 1. The summed E-state index contributed by atoms with van der Waals surface area (Å²) in [6.07, 6.45) is 1.09. The Labute approximate surface area is 213 Å². The molecule has 0 radical (unpaired) electrons. The molecule has 0 saturated carbocycles. The van der Waals surface area contributed by atoms with Crippen molar-refractivity contribution in [2.45, 2.75) is 26.2 Å². The minimum Gasteiger partial charge on any atom is -0.497 e. The van der Waals surface area contributed by atoms with E-state index in [2.05, 4.69) is 66.5 Å². The van der Waals surface area contributed by atoms with Gasteiger partial charge in [-0.05, 0) is 68.0 Å². The van der Waals surface area contributed by atoms with Gasteiger partial charge in [0, 0.05) is 28.3 Å². The predicted octanol–water partition coefficient (Wildman–Crippen LogP) is 7.40. The van der Waals surface area contributed by atoms with E-state index in [4.69, 9.17) is 21.3 Å². The molecular weight excluding hydrogens is 465 g/mol. The molecule has 0 aliphatic carbocycles. The zero-order valence-corrected chi connectivity index (χ0v) is 21.6. The molecule has 3 aromatic carbocycles. The second-order valence-electron chi connectivity index (χ2n) is 8.34. The van der Waals surface area contributed by atoms with Gasteiger partial charge in [0.1, 0.15) is 5.75 Å². The van der Waals surface area contributed by atoms with Gasteiger partial charge in [-0.3, -0.25) is 0 Å². The summed E-state index contributed by atoms with van der Waals surface area (Å²) in [7, 11) is 1.70. The molecule has 180 valence electrons. The Morgan fingerprint density at radius 3 is 2.41 bits per heavy atom. The first-order valence-corrected chi connectivity index (χ1v) is 12.1. The third-order valence-corrected chi connectivity index (χ3v) is 6.66. The van der Waals surface area contributed by atoms with E-state index in [1.807, 2.05) is 24.3 Å². The van der Waals surface area contributed by atoms with Crippen LogP contribution in [0.25, 0.3) is 21.8 Å². The molecule has 4 aromatic rings. The van der Waals surface area contributed by atoms with E-state index in [1.54, 1.807) is 7.11 Å². The minimum absolute atomic E-state index is 0. The molecule has 0 spiro atoms. The number of benzene rings is 3. The largest absolute Gasteiger partial charge is 0.497 e. The third kappa shape index (κ3) is 5.93. The van der Waals surface area contributed by atoms with Crippen LogP contribution in [0.2, 0.25) is 5.02 Å². The van der Waals surface area contributed by atoms with Crippen molar-refractivity contribution in [2.24, 2.45) is 0 Å². The van der Waals surface area contributed by atoms with Crippen molar-refractivity contribution < 1.29 is 4.74 Å². The molecular formula is C28H33Cl2N3O. The molecule has 34 heavy (non-hydrogen) atoms. The summed E-state index contributed by atoms with van der Waals surface area (Å²) in [5, 5.41) is 6.61. The molecule has 4 rings (SSSR count). The van der Waals surface area contributed by atoms with Crippen LogP contribution in [-0.2, 0) is 0 Å². The molecule has 0 fully saturated rings. The van der Waals surface area contributed by atoms with Crippen LogP contribution in [0.4, 0.5) is 5.69 Å². The molecule has 1 atom stereocenters. The van der Waals surface area contributed by atoms with E-state index in [-0.39, 0.29) is 12.4 Å². The first-order chi connectivity index (χ1) is 16.1. The topological polar surface area (TPSA) is 37.4 Å². The standard InChI is InChI=1S/C28H32ClN3O.ClH/c1-4-32(5-2)16-15-21(20-9-7-6-8-10-20)19-30-28-24-13-11-22(29)17-27(24)31-26-14-12-23(33-3)18-25(26)28;/h6-14,17-18,21H,4-5,15-16,19H2,1-3H3,(H,30,31);1H. The Hall–Kier alpha value is -2.53. The quantitative estimate of drug-likeness (QED) is 0.231. The van der Waals surface area contributed by atoms with Crippen molar-refractivity contribution in [1.82, 2.24) is 9.88 Å². The molecule has 0 aliphatic rings. The first-order valence-electron chi connectivity index (χ1n) is 11.7. The monoisotopic (exact) mass is 497 g/mol. The second-order valence-corrected chi connectivity index (χ2v) is 8.77. The van der Waals surface area contributed by atoms with E-state index < -0.39 is 0 Å². The van der Waals surface area contributed by atoms with Gasteiger partial charge < -0.3 is 15.0 Å². The second kappa shape index (κ2) is 12.3. The molecule has 1 heterocycles. The molecule has 0 bridgehead atoms. The van der Waals surface area contributed by atoms with Gasteiger partial charge in [-0.1, -0.05) is 55.8 Å². The third-order valence-electron chi connectivity index (χ3n) is 6.43. The van der Waals surface area contributed by atoms with Crippen molar-refractivity contribution in [3.05, 3.63) is 77.3 Å². The summed E-state index contributed by atoms with van der Waals surface area (Å²) >= 11 is 6.29. The maximum atomic E-state index is 6.29. The van der Waals surface area contributed by atoms with Gasteiger partial charge in [-0.15, -0.1) is 12.4 Å². The van der Waals surface area contributed by atoms with E-state index in [0.29, 0.717) is 10.9 Å². The first kappa shape index (κ1) is 26.1. The number of hydrogen-bond donors (Lipinski definition) is 1. The Morgan fingerprint density at radius 1 is 0.941 bits per heavy atom. The molecule has 0 saturated heterocycles. The summed E-state index contributed by atoms with van der Waals surface area (Å²) in [6.45, 7) is 8.52. The highest BCUT2D eigenvalue weighted by molar-refractivity contribution is 6.31. The lowest BCUT2D eigenvalue weighted by Gasteiger charge is -2.24. The number of methoxy groups -OCH3 is 1. The number of aromatic nitrogens is 1. The summed E-state index contributed by atoms with van der Waals surface area (Å²) in [5.74, 6) is 1.21. The number of rotatable bonds is 10. The summed E-state index contributed by atoms with van der Waals surface area (Å²) in [6, 6.07) is 22.7. The number of nitrogens with zero attached hydrogens (tertiary/aromatic N) is 2. The number of fused-ring (bicyclic) bond motifs is 2. The fraction of sp³-hybridized carbons (Fsp3) is 0.321. The normalized spacial score (nSPS) is 12.0. The van der Waals surface area contributed by atoms with E-state index >= 15 is 0 Å². The fourth-order valence-electron chi connectivity index (χ4n) is 4.43. The number of halogens is 2. The molecule has 1 aromatic heterocycles. The van der Waals surface area contributed by atoms with Gasteiger partial charge in [-0.25, -0.2) is 4.98 Å². The fourth-order valence-corrected chi connectivity index (χ4v) is 4.60. The van der Waals surface area contributed by atoms with Gasteiger partial charge in [0.2, 0.25) is 0 Å². The van der Waals surface area contributed by atoms with Crippen molar-refractivity contribution in [2.75, 3.05) is 38.6 Å². The smallest absolute Gasteiger partial charge is 0.119 e. The highest BCUT2D eigenvalue weighted by Crippen LogP contribution is 2.35. The number of hydrogen-bond acceptors (Lipinski definition) is 4. The van der Waals surface area contributed by atoms with E-state index in [1.165, 1.54) is 5.56 Å². The lowest BCUT2D eigenvalue weighted by molar-refractivity contribution is 0.291. The van der Waals surface area contributed by atoms with E-state index in [9.17, 15) is 0 Å². The van der Waals surface area contributed by atoms with Crippen LogP contribution in [0.3, 0.4) is 0 Å². The van der Waals surface area contributed by atoms with Crippen molar-refractivity contribution in [3.63, 3.8) is 0 Å². The van der Waals surface area contributed by atoms with Crippen molar-refractivity contribution >= 4 is 51.5 Å². The average Bonchev–Trinajstić information content (AvgIpc) is 2.85. The van der Waals surface area contributed by atoms with Gasteiger partial charge in [0.05, 0.1) is 23.8 Å². The number of pyridine rings is 1. The van der Waals surface area contributed by atoms with Crippen molar-refractivity contribution in [1.29, 1.82) is 0 Å². The van der Waals surface area contributed by atoms with Crippen LogP contribution in [0, 0.1) is 0 Å². The lowest BCUT2D eigenvalue weighted by atomic mass is 9.95. The van der Waals surface area contributed by atoms with E-state index in [0.717, 1.165) is 65.8 Å². The van der Waals surface area contributed by atoms with Crippen LogP contribution in [0.1, 0.15) is 31.7 Å². The Morgan fingerprint density at radius 2 is 1.71 bits per heavy atom. The maximum absolute atomic E-state index is 6.29. The predicted molar refractivity (Wildman–Crippen MR) is 148 cm³/mol. The zero-order chi connectivity index (χ0) is 23.2. The van der Waals surface area contributed by atoms with Gasteiger partial charge >= 0.3 is 0 Å². The Bertz CT molecular complexity index is 1210. The highest BCUT2D eigenvalue weighted by atomic mass is 35.5. The van der Waals surface area contributed by atoms with Crippen LogP contribution in [0.5, 0.6) is 5.75 Å². The summed E-state index contributed by atoms with van der Waals surface area (Å²) in [5.41, 5.74) is 4.25.